The Morgan fingerprint density at radius 3 is 2.56 bits per heavy atom. The van der Waals surface area contributed by atoms with E-state index in [1.54, 1.807) is 30.2 Å². The van der Waals surface area contributed by atoms with Gasteiger partial charge in [-0.05, 0) is 32.0 Å². The smallest absolute Gasteiger partial charge is 0.322 e. The first-order valence-corrected chi connectivity index (χ1v) is 9.54. The van der Waals surface area contributed by atoms with Crippen molar-refractivity contribution in [3.63, 3.8) is 0 Å². The Labute approximate surface area is 160 Å². The molecule has 1 heterocycles. The summed E-state index contributed by atoms with van der Waals surface area (Å²) in [4.78, 5) is 16.3. The molecule has 2 N–H and O–H groups in total. The van der Waals surface area contributed by atoms with Crippen molar-refractivity contribution in [2.75, 3.05) is 38.7 Å². The van der Waals surface area contributed by atoms with Crippen LogP contribution in [0.1, 0.15) is 26.7 Å². The molecule has 1 fully saturated rings. The number of quaternary nitrogens is 1. The van der Waals surface area contributed by atoms with Gasteiger partial charge in [0.1, 0.15) is 0 Å². The topological polar surface area (TPSA) is 46.0 Å². The first-order valence-electron chi connectivity index (χ1n) is 8.78. The predicted molar refractivity (Wildman–Crippen MR) is 103 cm³/mol. The van der Waals surface area contributed by atoms with Crippen LogP contribution in [0, 0.1) is 0 Å². The van der Waals surface area contributed by atoms with Gasteiger partial charge in [0.15, 0.2) is 0 Å². The minimum Gasteiger partial charge on any atom is -0.383 e. The quantitative estimate of drug-likeness (QED) is 0.786. The molecular weight excluding hydrogens is 361 g/mol. The van der Waals surface area contributed by atoms with Crippen LogP contribution in [0.15, 0.2) is 18.2 Å². The number of hydrogen-bond donors (Lipinski definition) is 2. The van der Waals surface area contributed by atoms with E-state index >= 15 is 0 Å². The molecule has 0 unspecified atom stereocenters. The monoisotopic (exact) mass is 388 g/mol. The van der Waals surface area contributed by atoms with Gasteiger partial charge in [-0.15, -0.1) is 0 Å². The lowest BCUT2D eigenvalue weighted by atomic mass is 10.0. The van der Waals surface area contributed by atoms with Crippen LogP contribution in [0.3, 0.4) is 0 Å². The third-order valence-corrected chi connectivity index (χ3v) is 5.56. The van der Waals surface area contributed by atoms with E-state index in [-0.39, 0.29) is 12.1 Å². The van der Waals surface area contributed by atoms with Crippen LogP contribution < -0.4 is 10.2 Å². The van der Waals surface area contributed by atoms with E-state index in [1.807, 2.05) is 4.90 Å². The maximum Gasteiger partial charge on any atom is 0.322 e. The van der Waals surface area contributed by atoms with Crippen LogP contribution in [-0.2, 0) is 4.74 Å². The number of urea groups is 1. The Balaban J connectivity index is 2.03. The molecular formula is C18H28Cl2N3O2+. The lowest BCUT2D eigenvalue weighted by molar-refractivity contribution is -0.926. The standard InChI is InChI=1S/C18H27Cl2N3O2/c1-13(2)22-8-6-15(7-9-22)23(10-11-25-3)18(24)21-14-4-5-16(19)17(20)12-14/h4-5,12-13,15H,6-11H2,1-3H3,(H,21,24)/p+1. The van der Waals surface area contributed by atoms with E-state index in [1.165, 1.54) is 0 Å². The number of halogens is 2. The molecule has 0 bridgehead atoms. The van der Waals surface area contributed by atoms with Crippen molar-refractivity contribution in [2.45, 2.75) is 38.8 Å². The van der Waals surface area contributed by atoms with Crippen molar-refractivity contribution in [1.29, 1.82) is 0 Å². The first-order chi connectivity index (χ1) is 11.9. The van der Waals surface area contributed by atoms with Gasteiger partial charge in [0, 0.05) is 38.2 Å². The molecule has 1 aromatic carbocycles. The number of nitrogens with zero attached hydrogens (tertiary/aromatic N) is 1. The summed E-state index contributed by atoms with van der Waals surface area (Å²) in [5, 5.41) is 3.83. The summed E-state index contributed by atoms with van der Waals surface area (Å²) in [5.41, 5.74) is 0.645. The van der Waals surface area contributed by atoms with Crippen LogP contribution in [0.5, 0.6) is 0 Å². The molecule has 1 aliphatic heterocycles. The highest BCUT2D eigenvalue weighted by Gasteiger charge is 2.30. The van der Waals surface area contributed by atoms with Gasteiger partial charge in [0.25, 0.3) is 0 Å². The Morgan fingerprint density at radius 1 is 1.32 bits per heavy atom. The molecule has 1 aromatic rings. The van der Waals surface area contributed by atoms with Gasteiger partial charge < -0.3 is 19.9 Å². The summed E-state index contributed by atoms with van der Waals surface area (Å²) in [5.74, 6) is 0. The summed E-state index contributed by atoms with van der Waals surface area (Å²) in [6.45, 7) is 7.76. The molecule has 25 heavy (non-hydrogen) atoms. The molecule has 7 heteroatoms. The second kappa shape index (κ2) is 9.62. The number of benzene rings is 1. The summed E-state index contributed by atoms with van der Waals surface area (Å²) >= 11 is 12.0. The highest BCUT2D eigenvalue weighted by atomic mass is 35.5. The fraction of sp³-hybridized carbons (Fsp3) is 0.611. The number of carbonyl (C=O) groups excluding carboxylic acids is 1. The average molecular weight is 389 g/mol. The van der Waals surface area contributed by atoms with Crippen molar-refractivity contribution in [3.05, 3.63) is 28.2 Å². The molecule has 1 aliphatic rings. The van der Waals surface area contributed by atoms with Crippen molar-refractivity contribution >= 4 is 34.9 Å². The fourth-order valence-corrected chi connectivity index (χ4v) is 3.57. The van der Waals surface area contributed by atoms with Crippen molar-refractivity contribution in [1.82, 2.24) is 4.90 Å². The molecule has 2 rings (SSSR count). The van der Waals surface area contributed by atoms with Gasteiger partial charge >= 0.3 is 6.03 Å². The number of carbonyl (C=O) groups is 1. The number of likely N-dealkylation sites (tertiary alicyclic amines) is 1. The number of ether oxygens (including phenoxy) is 1. The molecule has 0 spiro atoms. The Morgan fingerprint density at radius 2 is 2.00 bits per heavy atom. The Kier molecular flexibility index (Phi) is 7.81. The SMILES string of the molecule is COCCN(C(=O)Nc1ccc(Cl)c(Cl)c1)C1CC[NH+](C(C)C)CC1. The molecule has 0 aromatic heterocycles. The van der Waals surface area contributed by atoms with Gasteiger partial charge in [-0.1, -0.05) is 23.2 Å². The van der Waals surface area contributed by atoms with Crippen molar-refractivity contribution in [2.24, 2.45) is 0 Å². The van der Waals surface area contributed by atoms with E-state index in [0.29, 0.717) is 34.9 Å². The number of hydrogen-bond acceptors (Lipinski definition) is 2. The van der Waals surface area contributed by atoms with Crippen LogP contribution in [0.2, 0.25) is 10.0 Å². The van der Waals surface area contributed by atoms with Crippen LogP contribution in [0.25, 0.3) is 0 Å². The van der Waals surface area contributed by atoms with Crippen LogP contribution in [0.4, 0.5) is 10.5 Å². The van der Waals surface area contributed by atoms with Crippen molar-refractivity contribution in [3.8, 4) is 0 Å². The van der Waals surface area contributed by atoms with Crippen LogP contribution in [-0.4, -0.2) is 56.4 Å². The lowest BCUT2D eigenvalue weighted by Crippen LogP contribution is -3.16. The number of nitrogens with one attached hydrogen (secondary N) is 2. The summed E-state index contributed by atoms with van der Waals surface area (Å²) in [7, 11) is 1.65. The second-order valence-electron chi connectivity index (χ2n) is 6.79. The number of amides is 2. The van der Waals surface area contributed by atoms with Gasteiger partial charge in [-0.3, -0.25) is 0 Å². The maximum atomic E-state index is 12.8. The maximum absolute atomic E-state index is 12.8. The van der Waals surface area contributed by atoms with Gasteiger partial charge in [-0.2, -0.15) is 0 Å². The Hall–Kier alpha value is -1.01. The van der Waals surface area contributed by atoms with Gasteiger partial charge in [0.05, 0.1) is 35.8 Å². The number of anilines is 1. The van der Waals surface area contributed by atoms with Gasteiger partial charge in [-0.25, -0.2) is 4.79 Å². The third kappa shape index (κ3) is 5.74. The highest BCUT2D eigenvalue weighted by molar-refractivity contribution is 6.42. The second-order valence-corrected chi connectivity index (χ2v) is 7.60. The largest absolute Gasteiger partial charge is 0.383 e. The zero-order chi connectivity index (χ0) is 18.4. The molecule has 0 atom stereocenters. The zero-order valence-corrected chi connectivity index (χ0v) is 16.7. The normalized spacial score (nSPS) is 20.6. The number of piperidine rings is 1. The van der Waals surface area contributed by atoms with E-state index in [4.69, 9.17) is 27.9 Å². The molecule has 2 amide bonds. The molecule has 0 radical (unpaired) electrons. The number of rotatable bonds is 6. The van der Waals surface area contributed by atoms with Crippen molar-refractivity contribution < 1.29 is 14.4 Å². The third-order valence-electron chi connectivity index (χ3n) is 4.82. The minimum atomic E-state index is -0.117. The van der Waals surface area contributed by atoms with E-state index < -0.39 is 0 Å². The summed E-state index contributed by atoms with van der Waals surface area (Å²) in [6, 6.07) is 5.85. The zero-order valence-electron chi connectivity index (χ0n) is 15.1. The number of methoxy groups -OCH3 is 1. The van der Waals surface area contributed by atoms with Crippen LogP contribution >= 0.6 is 23.2 Å². The highest BCUT2D eigenvalue weighted by Crippen LogP contribution is 2.25. The first kappa shape index (κ1) is 20.3. The fourth-order valence-electron chi connectivity index (χ4n) is 3.27. The van der Waals surface area contributed by atoms with E-state index in [0.717, 1.165) is 25.9 Å². The molecule has 1 saturated heterocycles. The molecule has 0 aliphatic carbocycles. The van der Waals surface area contributed by atoms with E-state index in [2.05, 4.69) is 19.2 Å². The average Bonchev–Trinajstić information content (AvgIpc) is 2.59. The van der Waals surface area contributed by atoms with E-state index in [9.17, 15) is 4.79 Å². The summed E-state index contributed by atoms with van der Waals surface area (Å²) < 4.78 is 5.19. The lowest BCUT2D eigenvalue weighted by Gasteiger charge is -2.38. The minimum absolute atomic E-state index is 0.117. The molecule has 140 valence electrons. The molecule has 0 saturated carbocycles. The summed E-state index contributed by atoms with van der Waals surface area (Å²) in [6.07, 6.45) is 2.01. The molecule has 5 nitrogen and oxygen atoms in total. The van der Waals surface area contributed by atoms with Gasteiger partial charge in [0.2, 0.25) is 0 Å². The predicted octanol–water partition coefficient (Wildman–Crippen LogP) is 2.93. The Bertz CT molecular complexity index is 575.